The van der Waals surface area contributed by atoms with E-state index in [9.17, 15) is 22.4 Å². The van der Waals surface area contributed by atoms with Gasteiger partial charge < -0.3 is 5.32 Å². The van der Waals surface area contributed by atoms with Crippen molar-refractivity contribution in [3.8, 4) is 11.1 Å². The summed E-state index contributed by atoms with van der Waals surface area (Å²) in [6, 6.07) is 10.2. The number of halogens is 4. The lowest BCUT2D eigenvalue weighted by molar-refractivity contribution is -0.137. The average Bonchev–Trinajstić information content (AvgIpc) is 3.20. The van der Waals surface area contributed by atoms with Crippen LogP contribution in [0.15, 0.2) is 42.5 Å². The Kier molecular flexibility index (Phi) is 5.82. The standard InChI is InChI=1S/C21H21F4NO/c22-12-15-9-18(11-19(10-15)21(23,24)25)17-7-3-4-14(8-17)13-26-20(27)16-5-1-2-6-16/h3-4,7-11,16H,1-2,5-6,12-13H2,(H,26,27). The van der Waals surface area contributed by atoms with Crippen LogP contribution in [0.3, 0.4) is 0 Å². The summed E-state index contributed by atoms with van der Waals surface area (Å²) in [4.78, 5) is 12.1. The SMILES string of the molecule is O=C(NCc1cccc(-c2cc(CF)cc(C(F)(F)F)c2)c1)C1CCCC1. The molecule has 0 saturated heterocycles. The molecule has 1 aliphatic carbocycles. The summed E-state index contributed by atoms with van der Waals surface area (Å²) in [5, 5.41) is 2.90. The Bertz CT molecular complexity index is 810. The smallest absolute Gasteiger partial charge is 0.352 e. The lowest BCUT2D eigenvalue weighted by Gasteiger charge is -2.13. The highest BCUT2D eigenvalue weighted by Crippen LogP contribution is 2.34. The molecule has 0 heterocycles. The Labute approximate surface area is 155 Å². The third-order valence-corrected chi connectivity index (χ3v) is 4.93. The molecule has 2 nitrogen and oxygen atoms in total. The van der Waals surface area contributed by atoms with Crippen LogP contribution in [-0.4, -0.2) is 5.91 Å². The van der Waals surface area contributed by atoms with Crippen molar-refractivity contribution < 1.29 is 22.4 Å². The molecule has 0 spiro atoms. The molecular weight excluding hydrogens is 358 g/mol. The topological polar surface area (TPSA) is 29.1 Å². The molecule has 27 heavy (non-hydrogen) atoms. The molecule has 0 unspecified atom stereocenters. The van der Waals surface area contributed by atoms with Gasteiger partial charge in [0, 0.05) is 12.5 Å². The van der Waals surface area contributed by atoms with Gasteiger partial charge in [0.15, 0.2) is 0 Å². The van der Waals surface area contributed by atoms with Crippen molar-refractivity contribution in [1.82, 2.24) is 5.32 Å². The van der Waals surface area contributed by atoms with E-state index < -0.39 is 18.4 Å². The average molecular weight is 379 g/mol. The monoisotopic (exact) mass is 379 g/mol. The fraction of sp³-hybridized carbons (Fsp3) is 0.381. The van der Waals surface area contributed by atoms with Gasteiger partial charge in [-0.2, -0.15) is 13.2 Å². The minimum Gasteiger partial charge on any atom is -0.352 e. The van der Waals surface area contributed by atoms with E-state index in [1.54, 1.807) is 18.2 Å². The molecule has 0 atom stereocenters. The molecule has 1 N–H and O–H groups in total. The van der Waals surface area contributed by atoms with Crippen LogP contribution in [0.5, 0.6) is 0 Å². The molecule has 1 aliphatic rings. The van der Waals surface area contributed by atoms with Gasteiger partial charge in [-0.25, -0.2) is 4.39 Å². The highest BCUT2D eigenvalue weighted by atomic mass is 19.4. The first-order chi connectivity index (χ1) is 12.9. The van der Waals surface area contributed by atoms with Gasteiger partial charge >= 0.3 is 6.18 Å². The predicted octanol–water partition coefficient (Wildman–Crippen LogP) is 5.65. The Balaban J connectivity index is 1.79. The second kappa shape index (κ2) is 8.11. The summed E-state index contributed by atoms with van der Waals surface area (Å²) in [7, 11) is 0. The van der Waals surface area contributed by atoms with Crippen LogP contribution in [0.1, 0.15) is 42.4 Å². The summed E-state index contributed by atoms with van der Waals surface area (Å²) in [6.07, 6.45) is -0.586. The van der Waals surface area contributed by atoms with Gasteiger partial charge in [-0.05, 0) is 59.4 Å². The van der Waals surface area contributed by atoms with Gasteiger partial charge in [0.2, 0.25) is 5.91 Å². The number of rotatable bonds is 5. The molecular formula is C21H21F4NO. The molecule has 2 aromatic rings. The highest BCUT2D eigenvalue weighted by molar-refractivity contribution is 5.79. The number of amides is 1. The Morgan fingerprint density at radius 1 is 1.00 bits per heavy atom. The summed E-state index contributed by atoms with van der Waals surface area (Å²) in [6.45, 7) is -0.647. The van der Waals surface area contributed by atoms with Gasteiger partial charge in [0.05, 0.1) is 5.56 Å². The third kappa shape index (κ3) is 4.87. The van der Waals surface area contributed by atoms with E-state index in [0.29, 0.717) is 17.7 Å². The van der Waals surface area contributed by atoms with Crippen molar-refractivity contribution in [2.24, 2.45) is 5.92 Å². The maximum atomic E-state index is 13.1. The van der Waals surface area contributed by atoms with Crippen molar-refractivity contribution in [1.29, 1.82) is 0 Å². The quantitative estimate of drug-likeness (QED) is 0.669. The highest BCUT2D eigenvalue weighted by Gasteiger charge is 2.31. The van der Waals surface area contributed by atoms with E-state index in [4.69, 9.17) is 0 Å². The molecule has 2 aromatic carbocycles. The van der Waals surface area contributed by atoms with E-state index in [1.165, 1.54) is 6.07 Å². The first-order valence-electron chi connectivity index (χ1n) is 9.01. The van der Waals surface area contributed by atoms with E-state index in [-0.39, 0.29) is 17.4 Å². The second-order valence-corrected chi connectivity index (χ2v) is 6.95. The molecule has 1 amide bonds. The lowest BCUT2D eigenvalue weighted by atomic mass is 9.98. The van der Waals surface area contributed by atoms with Crippen LogP contribution in [-0.2, 0) is 24.2 Å². The van der Waals surface area contributed by atoms with Crippen molar-refractivity contribution >= 4 is 5.91 Å². The second-order valence-electron chi connectivity index (χ2n) is 6.95. The third-order valence-electron chi connectivity index (χ3n) is 4.93. The number of hydrogen-bond donors (Lipinski definition) is 1. The fourth-order valence-corrected chi connectivity index (χ4v) is 3.48. The fourth-order valence-electron chi connectivity index (χ4n) is 3.48. The Hall–Kier alpha value is -2.37. The number of hydrogen-bond acceptors (Lipinski definition) is 1. The minimum atomic E-state index is -4.53. The zero-order valence-corrected chi connectivity index (χ0v) is 14.8. The van der Waals surface area contributed by atoms with E-state index in [1.807, 2.05) is 6.07 Å². The number of alkyl halides is 4. The van der Waals surface area contributed by atoms with Crippen molar-refractivity contribution in [2.45, 2.75) is 45.1 Å². The molecule has 0 aliphatic heterocycles. The molecule has 1 fully saturated rings. The Morgan fingerprint density at radius 3 is 2.37 bits per heavy atom. The largest absolute Gasteiger partial charge is 0.416 e. The normalized spacial score (nSPS) is 15.1. The van der Waals surface area contributed by atoms with Gasteiger partial charge in [-0.1, -0.05) is 31.0 Å². The van der Waals surface area contributed by atoms with E-state index >= 15 is 0 Å². The molecule has 0 aromatic heterocycles. The van der Waals surface area contributed by atoms with E-state index in [2.05, 4.69) is 5.32 Å². The number of benzene rings is 2. The van der Waals surface area contributed by atoms with Crippen molar-refractivity contribution in [2.75, 3.05) is 0 Å². The van der Waals surface area contributed by atoms with Crippen molar-refractivity contribution in [3.05, 3.63) is 59.2 Å². The van der Waals surface area contributed by atoms with Crippen LogP contribution in [0.2, 0.25) is 0 Å². The maximum absolute atomic E-state index is 13.1. The zero-order valence-electron chi connectivity index (χ0n) is 14.8. The van der Waals surface area contributed by atoms with Crippen LogP contribution >= 0.6 is 0 Å². The maximum Gasteiger partial charge on any atom is 0.416 e. The molecule has 3 rings (SSSR count). The first-order valence-corrected chi connectivity index (χ1v) is 9.01. The molecule has 0 radical (unpaired) electrons. The summed E-state index contributed by atoms with van der Waals surface area (Å²) < 4.78 is 52.2. The Morgan fingerprint density at radius 2 is 1.70 bits per heavy atom. The molecule has 0 bridgehead atoms. The van der Waals surface area contributed by atoms with Gasteiger partial charge in [-0.3, -0.25) is 4.79 Å². The number of carbonyl (C=O) groups is 1. The van der Waals surface area contributed by atoms with Crippen molar-refractivity contribution in [3.63, 3.8) is 0 Å². The van der Waals surface area contributed by atoms with Crippen LogP contribution in [0, 0.1) is 5.92 Å². The van der Waals surface area contributed by atoms with Gasteiger partial charge in [0.25, 0.3) is 0 Å². The van der Waals surface area contributed by atoms with Crippen LogP contribution in [0.4, 0.5) is 17.6 Å². The molecule has 144 valence electrons. The lowest BCUT2D eigenvalue weighted by Crippen LogP contribution is -2.28. The summed E-state index contributed by atoms with van der Waals surface area (Å²) >= 11 is 0. The zero-order chi connectivity index (χ0) is 19.4. The summed E-state index contributed by atoms with van der Waals surface area (Å²) in [5.74, 6) is 0.0837. The number of nitrogens with one attached hydrogen (secondary N) is 1. The minimum absolute atomic E-state index is 0.0141. The van der Waals surface area contributed by atoms with E-state index in [0.717, 1.165) is 43.4 Å². The van der Waals surface area contributed by atoms with Gasteiger partial charge in [0.1, 0.15) is 6.67 Å². The van der Waals surface area contributed by atoms with Crippen LogP contribution < -0.4 is 5.32 Å². The summed E-state index contributed by atoms with van der Waals surface area (Å²) in [5.41, 5.74) is 0.773. The van der Waals surface area contributed by atoms with Crippen LogP contribution in [0.25, 0.3) is 11.1 Å². The predicted molar refractivity (Wildman–Crippen MR) is 95.5 cm³/mol. The molecule has 6 heteroatoms. The first kappa shape index (κ1) is 19.4. The number of carbonyl (C=O) groups excluding carboxylic acids is 1. The van der Waals surface area contributed by atoms with Gasteiger partial charge in [-0.15, -0.1) is 0 Å². The molecule has 1 saturated carbocycles.